The fraction of sp³-hybridized carbons (Fsp3) is 0.435. The topological polar surface area (TPSA) is 83.0 Å². The largest absolute Gasteiger partial charge is 0.433 e. The second-order valence-corrected chi connectivity index (χ2v) is 9.31. The highest BCUT2D eigenvalue weighted by molar-refractivity contribution is 5.63. The third-order valence-corrected chi connectivity index (χ3v) is 5.44. The summed E-state index contributed by atoms with van der Waals surface area (Å²) in [7, 11) is 0. The first-order valence-electron chi connectivity index (χ1n) is 11.3. The molecule has 0 atom stereocenters. The molecule has 0 unspecified atom stereocenters. The van der Waals surface area contributed by atoms with Crippen LogP contribution >= 0.6 is 0 Å². The van der Waals surface area contributed by atoms with Crippen molar-refractivity contribution < 1.29 is 26.3 Å². The monoisotopic (exact) mass is 526 g/mol. The van der Waals surface area contributed by atoms with Crippen molar-refractivity contribution in [2.24, 2.45) is 0 Å². The number of halogens is 6. The summed E-state index contributed by atoms with van der Waals surface area (Å²) < 4.78 is 80.3. The van der Waals surface area contributed by atoms with E-state index in [1.54, 1.807) is 20.8 Å². The molecule has 37 heavy (non-hydrogen) atoms. The first-order chi connectivity index (χ1) is 17.2. The van der Waals surface area contributed by atoms with Crippen LogP contribution in [0, 0.1) is 0 Å². The number of pyridine rings is 2. The molecule has 1 fully saturated rings. The number of alkyl halides is 6. The molecular formula is C23H24F6N8. The molecule has 0 aliphatic carbocycles. The molecule has 3 aromatic heterocycles. The maximum absolute atomic E-state index is 13.4. The van der Waals surface area contributed by atoms with E-state index in [0.717, 1.165) is 18.3 Å². The van der Waals surface area contributed by atoms with Gasteiger partial charge in [0.2, 0.25) is 11.9 Å². The van der Waals surface area contributed by atoms with E-state index < -0.39 is 29.3 Å². The summed E-state index contributed by atoms with van der Waals surface area (Å²) in [5.74, 6) is 0.00798. The van der Waals surface area contributed by atoms with Crippen LogP contribution in [0.2, 0.25) is 0 Å². The third-order valence-electron chi connectivity index (χ3n) is 5.44. The summed E-state index contributed by atoms with van der Waals surface area (Å²) in [6, 6.07) is 5.63. The van der Waals surface area contributed by atoms with Gasteiger partial charge in [0.05, 0.1) is 0 Å². The van der Waals surface area contributed by atoms with E-state index in [9.17, 15) is 26.3 Å². The van der Waals surface area contributed by atoms with Crippen LogP contribution in [0.15, 0.2) is 36.5 Å². The normalized spacial score (nSPS) is 15.1. The van der Waals surface area contributed by atoms with Gasteiger partial charge in [-0.1, -0.05) is 6.07 Å². The van der Waals surface area contributed by atoms with Crippen LogP contribution in [0.1, 0.15) is 32.2 Å². The van der Waals surface area contributed by atoms with Crippen molar-refractivity contribution in [1.82, 2.24) is 30.2 Å². The lowest BCUT2D eigenvalue weighted by Crippen LogP contribution is -2.45. The quantitative estimate of drug-likeness (QED) is 0.490. The van der Waals surface area contributed by atoms with E-state index in [2.05, 4.69) is 30.2 Å². The maximum atomic E-state index is 13.4. The van der Waals surface area contributed by atoms with Crippen molar-refractivity contribution in [3.63, 3.8) is 0 Å². The van der Waals surface area contributed by atoms with Gasteiger partial charge in [-0.3, -0.25) is 4.98 Å². The van der Waals surface area contributed by atoms with E-state index in [4.69, 9.17) is 0 Å². The molecule has 1 aliphatic rings. The minimum atomic E-state index is -4.68. The number of hydrogen-bond acceptors (Lipinski definition) is 8. The van der Waals surface area contributed by atoms with Crippen molar-refractivity contribution in [3.05, 3.63) is 47.9 Å². The Kier molecular flexibility index (Phi) is 6.97. The Balaban J connectivity index is 1.91. The van der Waals surface area contributed by atoms with Gasteiger partial charge in [-0.25, -0.2) is 4.98 Å². The van der Waals surface area contributed by atoms with E-state index in [1.165, 1.54) is 23.1 Å². The van der Waals surface area contributed by atoms with E-state index in [0.29, 0.717) is 26.2 Å². The van der Waals surface area contributed by atoms with Gasteiger partial charge >= 0.3 is 12.4 Å². The smallest absolute Gasteiger partial charge is 0.338 e. The molecule has 0 saturated carbocycles. The number of nitrogens with zero attached hydrogens (tertiary/aromatic N) is 7. The fourth-order valence-electron chi connectivity index (χ4n) is 3.81. The number of nitrogens with one attached hydrogen (secondary N) is 1. The minimum Gasteiger partial charge on any atom is -0.338 e. The molecule has 0 aromatic carbocycles. The molecule has 1 saturated heterocycles. The van der Waals surface area contributed by atoms with Crippen LogP contribution < -0.4 is 15.1 Å². The van der Waals surface area contributed by atoms with Crippen molar-refractivity contribution in [3.8, 4) is 11.5 Å². The van der Waals surface area contributed by atoms with E-state index in [-0.39, 0.29) is 29.1 Å². The summed E-state index contributed by atoms with van der Waals surface area (Å²) in [6.45, 7) is 7.52. The average Bonchev–Trinajstić information content (AvgIpc) is 2.83. The van der Waals surface area contributed by atoms with E-state index in [1.807, 2.05) is 4.90 Å². The SMILES string of the molecule is CC(C)(C)N(c1ccnc(C(F)(F)F)c1)c1nc(-c2cccc(C(F)(F)F)n2)nc(N2CCNCC2)n1. The zero-order chi connectivity index (χ0) is 27.0. The molecule has 0 radical (unpaired) electrons. The van der Waals surface area contributed by atoms with Crippen LogP contribution in [0.25, 0.3) is 11.5 Å². The molecular weight excluding hydrogens is 502 g/mol. The van der Waals surface area contributed by atoms with Crippen molar-refractivity contribution in [2.75, 3.05) is 36.0 Å². The lowest BCUT2D eigenvalue weighted by atomic mass is 10.1. The first-order valence-corrected chi connectivity index (χ1v) is 11.3. The number of rotatable bonds is 4. The highest BCUT2D eigenvalue weighted by atomic mass is 19.4. The summed E-state index contributed by atoms with van der Waals surface area (Å²) >= 11 is 0. The van der Waals surface area contributed by atoms with Gasteiger partial charge in [0.25, 0.3) is 0 Å². The Labute approximate surface area is 208 Å². The molecule has 198 valence electrons. The fourth-order valence-corrected chi connectivity index (χ4v) is 3.81. The third kappa shape index (κ3) is 6.06. The van der Waals surface area contributed by atoms with Crippen LogP contribution in [-0.2, 0) is 12.4 Å². The summed E-state index contributed by atoms with van der Waals surface area (Å²) in [6.07, 6.45) is -8.34. The predicted octanol–water partition coefficient (Wildman–Crippen LogP) is 4.71. The average molecular weight is 526 g/mol. The highest BCUT2D eigenvalue weighted by Crippen LogP contribution is 2.36. The Morgan fingerprint density at radius 1 is 0.838 bits per heavy atom. The molecule has 0 amide bonds. The number of anilines is 3. The molecule has 1 N–H and O–H groups in total. The summed E-state index contributed by atoms with van der Waals surface area (Å²) in [4.78, 5) is 23.7. The molecule has 14 heteroatoms. The van der Waals surface area contributed by atoms with Gasteiger partial charge in [0.15, 0.2) is 5.82 Å². The number of piperazine rings is 1. The van der Waals surface area contributed by atoms with Crippen LogP contribution in [0.5, 0.6) is 0 Å². The number of hydrogen-bond donors (Lipinski definition) is 1. The van der Waals surface area contributed by atoms with Gasteiger partial charge in [0.1, 0.15) is 17.1 Å². The lowest BCUT2D eigenvalue weighted by molar-refractivity contribution is -0.141. The predicted molar refractivity (Wildman–Crippen MR) is 124 cm³/mol. The van der Waals surface area contributed by atoms with Gasteiger partial charge < -0.3 is 15.1 Å². The highest BCUT2D eigenvalue weighted by Gasteiger charge is 2.36. The molecule has 0 bridgehead atoms. The second kappa shape index (κ2) is 9.72. The molecule has 3 aromatic rings. The zero-order valence-electron chi connectivity index (χ0n) is 20.2. The Morgan fingerprint density at radius 2 is 1.51 bits per heavy atom. The van der Waals surface area contributed by atoms with Crippen LogP contribution in [0.4, 0.5) is 43.9 Å². The standard InChI is InChI=1S/C23H24F6N8/c1-21(2,3)37(14-7-8-31-17(13-14)23(27,28)29)20-34-18(15-5-4-6-16(32-15)22(24,25)26)33-19(35-20)36-11-9-30-10-12-36/h4-8,13,30H,9-12H2,1-3H3. The first kappa shape index (κ1) is 26.5. The summed E-state index contributed by atoms with van der Waals surface area (Å²) in [5.41, 5.74) is -3.10. The van der Waals surface area contributed by atoms with Gasteiger partial charge in [-0.15, -0.1) is 0 Å². The summed E-state index contributed by atoms with van der Waals surface area (Å²) in [5, 5.41) is 3.19. The Bertz CT molecular complexity index is 1250. The molecule has 0 spiro atoms. The molecule has 1 aliphatic heterocycles. The second-order valence-electron chi connectivity index (χ2n) is 9.31. The van der Waals surface area contributed by atoms with Gasteiger partial charge in [-0.05, 0) is 45.0 Å². The molecule has 8 nitrogen and oxygen atoms in total. The van der Waals surface area contributed by atoms with Crippen LogP contribution in [0.3, 0.4) is 0 Å². The van der Waals surface area contributed by atoms with Crippen LogP contribution in [-0.4, -0.2) is 56.6 Å². The van der Waals surface area contributed by atoms with Crippen molar-refractivity contribution in [1.29, 1.82) is 0 Å². The molecule has 4 rings (SSSR count). The number of aromatic nitrogens is 5. The zero-order valence-corrected chi connectivity index (χ0v) is 20.2. The molecule has 4 heterocycles. The van der Waals surface area contributed by atoms with Gasteiger partial charge in [0, 0.05) is 43.6 Å². The Morgan fingerprint density at radius 3 is 2.14 bits per heavy atom. The van der Waals surface area contributed by atoms with Gasteiger partial charge in [-0.2, -0.15) is 41.3 Å². The van der Waals surface area contributed by atoms with Crippen molar-refractivity contribution in [2.45, 2.75) is 38.7 Å². The minimum absolute atomic E-state index is 0.0374. The van der Waals surface area contributed by atoms with Crippen molar-refractivity contribution >= 4 is 17.6 Å². The maximum Gasteiger partial charge on any atom is 0.433 e. The van der Waals surface area contributed by atoms with E-state index >= 15 is 0 Å². The lowest BCUT2D eigenvalue weighted by Gasteiger charge is -2.36. The Hall–Kier alpha value is -3.55.